The summed E-state index contributed by atoms with van der Waals surface area (Å²) in [5.74, 6) is 0.0835. The normalized spacial score (nSPS) is 24.8. The van der Waals surface area contributed by atoms with Crippen LogP contribution in [0.5, 0.6) is 0 Å². The number of carbonyl (C=O) groups excluding carboxylic acids is 2. The number of carbonyl (C=O) groups is 2. The van der Waals surface area contributed by atoms with Gasteiger partial charge in [0.25, 0.3) is 0 Å². The van der Waals surface area contributed by atoms with Gasteiger partial charge in [-0.1, -0.05) is 0 Å². The number of piperazine rings is 1. The van der Waals surface area contributed by atoms with Crippen LogP contribution in [-0.4, -0.2) is 84.5 Å². The fourth-order valence-corrected chi connectivity index (χ4v) is 2.91. The lowest BCUT2D eigenvalue weighted by Gasteiger charge is -2.37. The molecular weight excluding hydrogens is 270 g/mol. The van der Waals surface area contributed by atoms with Gasteiger partial charge in [-0.15, -0.1) is 0 Å². The van der Waals surface area contributed by atoms with Crippen LogP contribution in [0.15, 0.2) is 0 Å². The molecule has 0 bridgehead atoms. The molecule has 0 saturated carbocycles. The predicted molar refractivity (Wildman–Crippen MR) is 79.9 cm³/mol. The van der Waals surface area contributed by atoms with Crippen molar-refractivity contribution in [2.24, 2.45) is 0 Å². The molecule has 0 aliphatic carbocycles. The minimum atomic E-state index is -0.0482. The highest BCUT2D eigenvalue weighted by Gasteiger charge is 2.30. The molecule has 21 heavy (non-hydrogen) atoms. The summed E-state index contributed by atoms with van der Waals surface area (Å²) in [5, 5.41) is 0. The van der Waals surface area contributed by atoms with Crippen LogP contribution < -0.4 is 0 Å². The summed E-state index contributed by atoms with van der Waals surface area (Å²) >= 11 is 0. The highest BCUT2D eigenvalue weighted by Crippen LogP contribution is 2.14. The number of morpholine rings is 1. The Morgan fingerprint density at radius 3 is 2.71 bits per heavy atom. The molecule has 2 rings (SSSR count). The van der Waals surface area contributed by atoms with Gasteiger partial charge >= 0.3 is 0 Å². The molecule has 2 saturated heterocycles. The number of ether oxygens (including phenoxy) is 1. The summed E-state index contributed by atoms with van der Waals surface area (Å²) in [6.45, 7) is 10.9. The Kier molecular flexibility index (Phi) is 5.58. The lowest BCUT2D eigenvalue weighted by atomic mass is 10.1. The number of likely N-dealkylation sites (N-methyl/N-ethyl adjacent to an activating group) is 1. The SMILES string of the molecule is CCN1CCN(C(=O)C[C@@H]2CN(C(C)C)CCO2)CC1=O. The Labute approximate surface area is 127 Å². The first-order chi connectivity index (χ1) is 10.0. The van der Waals surface area contributed by atoms with E-state index in [0.717, 1.165) is 19.6 Å². The molecular formula is C15H27N3O3. The van der Waals surface area contributed by atoms with Gasteiger partial charge < -0.3 is 14.5 Å². The minimum Gasteiger partial charge on any atom is -0.375 e. The summed E-state index contributed by atoms with van der Waals surface area (Å²) in [7, 11) is 0. The van der Waals surface area contributed by atoms with E-state index >= 15 is 0 Å². The van der Waals surface area contributed by atoms with Gasteiger partial charge in [0.05, 0.1) is 25.7 Å². The third kappa shape index (κ3) is 4.17. The van der Waals surface area contributed by atoms with Crippen LogP contribution in [0.1, 0.15) is 27.2 Å². The molecule has 0 N–H and O–H groups in total. The predicted octanol–water partition coefficient (Wildman–Crippen LogP) is 0.176. The second-order valence-electron chi connectivity index (χ2n) is 6.07. The van der Waals surface area contributed by atoms with Crippen molar-refractivity contribution in [3.8, 4) is 0 Å². The molecule has 0 radical (unpaired) electrons. The summed E-state index contributed by atoms with van der Waals surface area (Å²) in [6, 6.07) is 0.473. The Bertz CT molecular complexity index is 386. The molecule has 1 atom stereocenters. The third-order valence-corrected chi connectivity index (χ3v) is 4.36. The van der Waals surface area contributed by atoms with Crippen molar-refractivity contribution in [1.82, 2.24) is 14.7 Å². The molecule has 2 heterocycles. The van der Waals surface area contributed by atoms with E-state index in [1.54, 1.807) is 9.80 Å². The molecule has 2 fully saturated rings. The summed E-state index contributed by atoms with van der Waals surface area (Å²) in [6.07, 6.45) is 0.329. The van der Waals surface area contributed by atoms with Crippen molar-refractivity contribution in [3.05, 3.63) is 0 Å². The van der Waals surface area contributed by atoms with Crippen molar-refractivity contribution in [2.45, 2.75) is 39.3 Å². The van der Waals surface area contributed by atoms with E-state index in [1.165, 1.54) is 0 Å². The van der Waals surface area contributed by atoms with E-state index in [0.29, 0.717) is 32.2 Å². The lowest BCUT2D eigenvalue weighted by Crippen LogP contribution is -2.53. The molecule has 0 spiro atoms. The maximum absolute atomic E-state index is 12.3. The first-order valence-corrected chi connectivity index (χ1v) is 7.92. The maximum atomic E-state index is 12.3. The first-order valence-electron chi connectivity index (χ1n) is 7.92. The highest BCUT2D eigenvalue weighted by atomic mass is 16.5. The second-order valence-corrected chi connectivity index (χ2v) is 6.07. The third-order valence-electron chi connectivity index (χ3n) is 4.36. The van der Waals surface area contributed by atoms with Crippen LogP contribution in [0.2, 0.25) is 0 Å². The molecule has 0 aromatic heterocycles. The Morgan fingerprint density at radius 1 is 1.33 bits per heavy atom. The molecule has 0 unspecified atom stereocenters. The number of rotatable bonds is 4. The van der Waals surface area contributed by atoms with Crippen molar-refractivity contribution in [3.63, 3.8) is 0 Å². The zero-order chi connectivity index (χ0) is 15.4. The van der Waals surface area contributed by atoms with Gasteiger partial charge in [0.15, 0.2) is 0 Å². The van der Waals surface area contributed by atoms with Crippen LogP contribution in [0, 0.1) is 0 Å². The molecule has 2 aliphatic rings. The zero-order valence-electron chi connectivity index (χ0n) is 13.4. The van der Waals surface area contributed by atoms with E-state index in [9.17, 15) is 9.59 Å². The van der Waals surface area contributed by atoms with Crippen LogP contribution in [0.25, 0.3) is 0 Å². The van der Waals surface area contributed by atoms with Gasteiger partial charge in [-0.05, 0) is 20.8 Å². The molecule has 0 aromatic carbocycles. The van der Waals surface area contributed by atoms with Crippen LogP contribution in [0.4, 0.5) is 0 Å². The van der Waals surface area contributed by atoms with Gasteiger partial charge in [0.1, 0.15) is 0 Å². The van der Waals surface area contributed by atoms with E-state index < -0.39 is 0 Å². The lowest BCUT2D eigenvalue weighted by molar-refractivity contribution is -0.147. The van der Waals surface area contributed by atoms with Crippen LogP contribution >= 0.6 is 0 Å². The summed E-state index contributed by atoms with van der Waals surface area (Å²) < 4.78 is 5.70. The zero-order valence-corrected chi connectivity index (χ0v) is 13.4. The molecule has 2 amide bonds. The molecule has 120 valence electrons. The summed E-state index contributed by atoms with van der Waals surface area (Å²) in [5.41, 5.74) is 0. The average Bonchev–Trinajstić information content (AvgIpc) is 2.47. The van der Waals surface area contributed by atoms with E-state index in [4.69, 9.17) is 4.74 Å². The molecule has 2 aliphatic heterocycles. The Balaban J connectivity index is 1.83. The van der Waals surface area contributed by atoms with Crippen LogP contribution in [-0.2, 0) is 14.3 Å². The molecule has 6 heteroatoms. The quantitative estimate of drug-likeness (QED) is 0.743. The van der Waals surface area contributed by atoms with E-state index in [-0.39, 0.29) is 24.5 Å². The van der Waals surface area contributed by atoms with Crippen molar-refractivity contribution >= 4 is 11.8 Å². The number of nitrogens with zero attached hydrogens (tertiary/aromatic N) is 3. The number of hydrogen-bond donors (Lipinski definition) is 0. The van der Waals surface area contributed by atoms with Gasteiger partial charge in [-0.25, -0.2) is 0 Å². The summed E-state index contributed by atoms with van der Waals surface area (Å²) in [4.78, 5) is 30.0. The molecule has 0 aromatic rings. The van der Waals surface area contributed by atoms with Gasteiger partial charge in [0, 0.05) is 38.8 Å². The van der Waals surface area contributed by atoms with Crippen LogP contribution in [0.3, 0.4) is 0 Å². The number of amides is 2. The average molecular weight is 297 g/mol. The van der Waals surface area contributed by atoms with Crippen molar-refractivity contribution in [1.29, 1.82) is 0 Å². The topological polar surface area (TPSA) is 53.1 Å². The van der Waals surface area contributed by atoms with Gasteiger partial charge in [-0.2, -0.15) is 0 Å². The van der Waals surface area contributed by atoms with E-state index in [1.807, 2.05) is 6.92 Å². The standard InChI is InChI=1S/C15H27N3O3/c1-4-16-5-6-18(11-15(16)20)14(19)9-13-10-17(12(2)3)7-8-21-13/h12-13H,4-11H2,1-3H3/t13-/m1/s1. The first kappa shape index (κ1) is 16.2. The Hall–Kier alpha value is -1.14. The number of hydrogen-bond acceptors (Lipinski definition) is 4. The van der Waals surface area contributed by atoms with Crippen molar-refractivity contribution in [2.75, 3.05) is 45.9 Å². The highest BCUT2D eigenvalue weighted by molar-refractivity contribution is 5.86. The Morgan fingerprint density at radius 2 is 2.10 bits per heavy atom. The van der Waals surface area contributed by atoms with E-state index in [2.05, 4.69) is 18.7 Å². The second kappa shape index (κ2) is 7.22. The minimum absolute atomic E-state index is 0.0368. The monoisotopic (exact) mass is 297 g/mol. The maximum Gasteiger partial charge on any atom is 0.242 e. The van der Waals surface area contributed by atoms with Crippen molar-refractivity contribution < 1.29 is 14.3 Å². The smallest absolute Gasteiger partial charge is 0.242 e. The fraction of sp³-hybridized carbons (Fsp3) is 0.867. The largest absolute Gasteiger partial charge is 0.375 e. The van der Waals surface area contributed by atoms with Gasteiger partial charge in [0.2, 0.25) is 11.8 Å². The van der Waals surface area contributed by atoms with Gasteiger partial charge in [-0.3, -0.25) is 14.5 Å². The fourth-order valence-electron chi connectivity index (χ4n) is 2.91. The molecule has 6 nitrogen and oxygen atoms in total.